The van der Waals surface area contributed by atoms with Gasteiger partial charge in [-0.2, -0.15) is 0 Å². The molecule has 8 nitrogen and oxygen atoms in total. The molecule has 0 unspecified atom stereocenters. The Bertz CT molecular complexity index is 1110. The fraction of sp³-hybridized carbons (Fsp3) is 0.350. The van der Waals surface area contributed by atoms with Gasteiger partial charge in [0.1, 0.15) is 0 Å². The monoisotopic (exact) mass is 453 g/mol. The van der Waals surface area contributed by atoms with Gasteiger partial charge in [-0.25, -0.2) is 21.6 Å². The summed E-state index contributed by atoms with van der Waals surface area (Å²) in [5.74, 6) is -0.278. The lowest BCUT2D eigenvalue weighted by atomic mass is 10.1. The second-order valence-corrected chi connectivity index (χ2v) is 10.8. The van der Waals surface area contributed by atoms with E-state index >= 15 is 0 Å². The molecule has 0 aliphatic rings. The molecule has 0 aliphatic carbocycles. The second-order valence-electron chi connectivity index (χ2n) is 7.04. The van der Waals surface area contributed by atoms with Crippen LogP contribution >= 0.6 is 0 Å². The highest BCUT2D eigenvalue weighted by Gasteiger charge is 2.22. The summed E-state index contributed by atoms with van der Waals surface area (Å²) in [6.45, 7) is 3.64. The summed E-state index contributed by atoms with van der Waals surface area (Å²) in [6, 6.07) is 12.3. The minimum Gasteiger partial charge on any atom is -0.352 e. The Morgan fingerprint density at radius 1 is 1.00 bits per heavy atom. The molecule has 0 radical (unpaired) electrons. The average Bonchev–Trinajstić information content (AvgIpc) is 2.65. The lowest BCUT2D eigenvalue weighted by Gasteiger charge is -2.21. The lowest BCUT2D eigenvalue weighted by molar-refractivity contribution is -0.121. The molecule has 0 heterocycles. The first-order valence-electron chi connectivity index (χ1n) is 9.27. The molecule has 10 heteroatoms. The van der Waals surface area contributed by atoms with Gasteiger partial charge in [0.15, 0.2) is 0 Å². The van der Waals surface area contributed by atoms with E-state index in [1.54, 1.807) is 19.9 Å². The van der Waals surface area contributed by atoms with Gasteiger partial charge in [-0.1, -0.05) is 36.4 Å². The van der Waals surface area contributed by atoms with Crippen molar-refractivity contribution in [3.8, 4) is 0 Å². The Kier molecular flexibility index (Phi) is 7.62. The molecular weight excluding hydrogens is 426 g/mol. The molecule has 0 aromatic heterocycles. The number of nitrogens with one attached hydrogen (secondary N) is 2. The van der Waals surface area contributed by atoms with E-state index in [9.17, 15) is 21.6 Å². The van der Waals surface area contributed by atoms with Gasteiger partial charge in [-0.15, -0.1) is 0 Å². The van der Waals surface area contributed by atoms with E-state index in [2.05, 4.69) is 10.0 Å². The van der Waals surface area contributed by atoms with Crippen LogP contribution in [0, 0.1) is 13.8 Å². The van der Waals surface area contributed by atoms with E-state index in [1.807, 2.05) is 30.3 Å². The lowest BCUT2D eigenvalue weighted by Crippen LogP contribution is -2.31. The van der Waals surface area contributed by atoms with E-state index in [0.717, 1.165) is 16.1 Å². The van der Waals surface area contributed by atoms with Crippen LogP contribution in [-0.4, -0.2) is 42.6 Å². The van der Waals surface area contributed by atoms with Crippen LogP contribution in [0.4, 0.5) is 5.69 Å². The summed E-state index contributed by atoms with van der Waals surface area (Å²) >= 11 is 0. The van der Waals surface area contributed by atoms with Gasteiger partial charge < -0.3 is 5.32 Å². The van der Waals surface area contributed by atoms with Crippen molar-refractivity contribution in [1.82, 2.24) is 10.0 Å². The van der Waals surface area contributed by atoms with Crippen molar-refractivity contribution in [2.45, 2.75) is 31.7 Å². The Hall–Kier alpha value is -2.43. The maximum Gasteiger partial charge on any atom is 0.240 e. The Morgan fingerprint density at radius 3 is 2.23 bits per heavy atom. The molecule has 0 spiro atoms. The maximum atomic E-state index is 12.7. The van der Waals surface area contributed by atoms with Crippen LogP contribution in [0.2, 0.25) is 0 Å². The van der Waals surface area contributed by atoms with Gasteiger partial charge >= 0.3 is 0 Å². The number of sulfonamides is 2. The van der Waals surface area contributed by atoms with Gasteiger partial charge in [0.05, 0.1) is 16.8 Å². The Balaban J connectivity index is 2.05. The van der Waals surface area contributed by atoms with E-state index in [0.29, 0.717) is 17.7 Å². The first kappa shape index (κ1) is 23.8. The standard InChI is InChI=1S/C20H27N3O5S2/c1-15-12-16(2)19(13-18(15)23(3)29(4,25)26)30(27,28)22-11-10-20(24)21-14-17-8-6-5-7-9-17/h5-9,12-13,22H,10-11,14H2,1-4H3,(H,21,24). The number of carbonyl (C=O) groups excluding carboxylic acids is 1. The molecule has 0 atom stereocenters. The zero-order chi connectivity index (χ0) is 22.5. The molecule has 0 saturated carbocycles. The molecule has 2 N–H and O–H groups in total. The Morgan fingerprint density at radius 2 is 1.63 bits per heavy atom. The van der Waals surface area contributed by atoms with E-state index in [1.165, 1.54) is 13.1 Å². The zero-order valence-corrected chi connectivity index (χ0v) is 19.1. The predicted molar refractivity (Wildman–Crippen MR) is 117 cm³/mol. The third kappa shape index (κ3) is 6.28. The molecule has 164 valence electrons. The Labute approximate surface area is 178 Å². The van der Waals surface area contributed by atoms with Crippen molar-refractivity contribution >= 4 is 31.6 Å². The molecule has 2 aromatic rings. The highest BCUT2D eigenvalue weighted by molar-refractivity contribution is 7.92. The number of carbonyl (C=O) groups is 1. The third-order valence-electron chi connectivity index (χ3n) is 4.60. The summed E-state index contributed by atoms with van der Waals surface area (Å²) in [4.78, 5) is 12.0. The molecule has 0 saturated heterocycles. The minimum absolute atomic E-state index is 0.0208. The number of nitrogens with zero attached hydrogens (tertiary/aromatic N) is 1. The van der Waals surface area contributed by atoms with Gasteiger partial charge in [-0.05, 0) is 36.6 Å². The molecule has 30 heavy (non-hydrogen) atoms. The first-order valence-corrected chi connectivity index (χ1v) is 12.6. The number of aryl methyl sites for hydroxylation is 2. The normalized spacial score (nSPS) is 11.9. The summed E-state index contributed by atoms with van der Waals surface area (Å²) in [5, 5.41) is 2.74. The largest absolute Gasteiger partial charge is 0.352 e. The highest BCUT2D eigenvalue weighted by atomic mass is 32.2. The zero-order valence-electron chi connectivity index (χ0n) is 17.5. The van der Waals surface area contributed by atoms with Gasteiger partial charge in [0.2, 0.25) is 26.0 Å². The summed E-state index contributed by atoms with van der Waals surface area (Å²) in [6.07, 6.45) is 1.03. The van der Waals surface area contributed by atoms with Crippen LogP contribution in [-0.2, 0) is 31.4 Å². The highest BCUT2D eigenvalue weighted by Crippen LogP contribution is 2.27. The quantitative estimate of drug-likeness (QED) is 0.600. The summed E-state index contributed by atoms with van der Waals surface area (Å²) in [5.41, 5.74) is 2.35. The molecule has 2 aromatic carbocycles. The molecule has 1 amide bonds. The van der Waals surface area contributed by atoms with E-state index < -0.39 is 20.0 Å². The molecule has 2 rings (SSSR count). The van der Waals surface area contributed by atoms with Gasteiger partial charge in [0.25, 0.3) is 0 Å². The number of benzene rings is 2. The number of hydrogen-bond acceptors (Lipinski definition) is 5. The fourth-order valence-electron chi connectivity index (χ4n) is 2.89. The van der Waals surface area contributed by atoms with Crippen LogP contribution < -0.4 is 14.3 Å². The summed E-state index contributed by atoms with van der Waals surface area (Å²) in [7, 11) is -6.10. The van der Waals surface area contributed by atoms with E-state index in [4.69, 9.17) is 0 Å². The van der Waals surface area contributed by atoms with Crippen LogP contribution in [0.5, 0.6) is 0 Å². The van der Waals surface area contributed by atoms with Crippen molar-refractivity contribution in [1.29, 1.82) is 0 Å². The van der Waals surface area contributed by atoms with Crippen LogP contribution in [0.15, 0.2) is 47.4 Å². The third-order valence-corrected chi connectivity index (χ3v) is 7.39. The topological polar surface area (TPSA) is 113 Å². The second kappa shape index (κ2) is 9.59. The van der Waals surface area contributed by atoms with Crippen LogP contribution in [0.25, 0.3) is 0 Å². The SMILES string of the molecule is Cc1cc(C)c(S(=O)(=O)NCCC(=O)NCc2ccccc2)cc1N(C)S(C)(=O)=O. The van der Waals surface area contributed by atoms with Crippen molar-refractivity contribution in [2.24, 2.45) is 0 Å². The smallest absolute Gasteiger partial charge is 0.240 e. The van der Waals surface area contributed by atoms with Crippen molar-refractivity contribution in [3.05, 3.63) is 59.2 Å². The molecular formula is C20H27N3O5S2. The molecule has 0 aliphatic heterocycles. The summed E-state index contributed by atoms with van der Waals surface area (Å²) < 4.78 is 52.6. The van der Waals surface area contributed by atoms with Crippen LogP contribution in [0.1, 0.15) is 23.1 Å². The number of anilines is 1. The van der Waals surface area contributed by atoms with Crippen molar-refractivity contribution in [3.63, 3.8) is 0 Å². The molecule has 0 bridgehead atoms. The van der Waals surface area contributed by atoms with Crippen LogP contribution in [0.3, 0.4) is 0 Å². The van der Waals surface area contributed by atoms with E-state index in [-0.39, 0.29) is 29.5 Å². The minimum atomic E-state index is -3.92. The van der Waals surface area contributed by atoms with Gasteiger partial charge in [0, 0.05) is 26.6 Å². The number of amides is 1. The average molecular weight is 454 g/mol. The van der Waals surface area contributed by atoms with Gasteiger partial charge in [-0.3, -0.25) is 9.10 Å². The first-order chi connectivity index (χ1) is 13.9. The van der Waals surface area contributed by atoms with Crippen molar-refractivity contribution in [2.75, 3.05) is 24.2 Å². The number of rotatable bonds is 9. The molecule has 0 fully saturated rings. The number of hydrogen-bond donors (Lipinski definition) is 2. The predicted octanol–water partition coefficient (Wildman–Crippen LogP) is 1.68. The fourth-order valence-corrected chi connectivity index (χ4v) is 4.72. The van der Waals surface area contributed by atoms with Crippen molar-refractivity contribution < 1.29 is 21.6 Å². The maximum absolute atomic E-state index is 12.7.